The molecular formula is C20H18F2N2O3S. The third-order valence-corrected chi connectivity index (χ3v) is 4.78. The number of aromatic nitrogens is 1. The van der Waals surface area contributed by atoms with Crippen LogP contribution in [-0.2, 0) is 0 Å². The number of ether oxygens (including phenoxy) is 2. The molecule has 1 aromatic heterocycles. The molecular weight excluding hydrogens is 386 g/mol. The van der Waals surface area contributed by atoms with Gasteiger partial charge in [-0.25, -0.2) is 4.98 Å². The Labute approximate surface area is 164 Å². The van der Waals surface area contributed by atoms with Crippen LogP contribution in [0.25, 0.3) is 11.3 Å². The van der Waals surface area contributed by atoms with Gasteiger partial charge in [0.2, 0.25) is 0 Å². The third-order valence-electron chi connectivity index (χ3n) is 4.02. The first-order valence-corrected chi connectivity index (χ1v) is 9.22. The van der Waals surface area contributed by atoms with Crippen molar-refractivity contribution < 1.29 is 23.0 Å². The maximum atomic E-state index is 12.5. The monoisotopic (exact) mass is 404 g/mol. The molecule has 0 aliphatic heterocycles. The molecule has 0 bridgehead atoms. The van der Waals surface area contributed by atoms with Gasteiger partial charge in [0, 0.05) is 16.5 Å². The molecule has 3 aromatic rings. The van der Waals surface area contributed by atoms with Crippen LogP contribution >= 0.6 is 11.3 Å². The SMILES string of the molecule is COc1cc(C(=O)Nc2nc(-c3ccc(C)cc3C)cs2)ccc1OC(F)F. The molecule has 0 saturated heterocycles. The molecule has 0 atom stereocenters. The van der Waals surface area contributed by atoms with Gasteiger partial charge in [-0.1, -0.05) is 23.8 Å². The average molecular weight is 404 g/mol. The van der Waals surface area contributed by atoms with E-state index >= 15 is 0 Å². The van der Waals surface area contributed by atoms with Crippen LogP contribution in [0.15, 0.2) is 41.8 Å². The Morgan fingerprint density at radius 2 is 1.93 bits per heavy atom. The Hall–Kier alpha value is -3.00. The zero-order valence-electron chi connectivity index (χ0n) is 15.5. The molecule has 1 N–H and O–H groups in total. The number of hydrogen-bond donors (Lipinski definition) is 1. The summed E-state index contributed by atoms with van der Waals surface area (Å²) in [7, 11) is 1.31. The van der Waals surface area contributed by atoms with Crippen molar-refractivity contribution in [3.8, 4) is 22.8 Å². The van der Waals surface area contributed by atoms with Crippen molar-refractivity contribution in [3.05, 3.63) is 58.5 Å². The van der Waals surface area contributed by atoms with E-state index in [1.807, 2.05) is 31.4 Å². The van der Waals surface area contributed by atoms with Gasteiger partial charge >= 0.3 is 6.61 Å². The summed E-state index contributed by atoms with van der Waals surface area (Å²) in [6, 6.07) is 10.1. The molecule has 2 aromatic carbocycles. The maximum Gasteiger partial charge on any atom is 0.387 e. The lowest BCUT2D eigenvalue weighted by atomic mass is 10.0. The summed E-state index contributed by atoms with van der Waals surface area (Å²) < 4.78 is 34.2. The highest BCUT2D eigenvalue weighted by atomic mass is 32.1. The van der Waals surface area contributed by atoms with Crippen molar-refractivity contribution in [2.75, 3.05) is 12.4 Å². The van der Waals surface area contributed by atoms with E-state index in [0.717, 1.165) is 16.8 Å². The average Bonchev–Trinajstić information content (AvgIpc) is 3.09. The highest BCUT2D eigenvalue weighted by molar-refractivity contribution is 7.14. The molecule has 0 unspecified atom stereocenters. The van der Waals surface area contributed by atoms with E-state index in [-0.39, 0.29) is 17.1 Å². The third kappa shape index (κ3) is 4.45. The summed E-state index contributed by atoms with van der Waals surface area (Å²) in [5.74, 6) is -0.521. The zero-order valence-corrected chi connectivity index (χ0v) is 16.3. The Balaban J connectivity index is 1.77. The summed E-state index contributed by atoms with van der Waals surface area (Å²) in [6.07, 6.45) is 0. The Bertz CT molecular complexity index is 1000. The molecule has 1 amide bonds. The lowest BCUT2D eigenvalue weighted by Crippen LogP contribution is -2.12. The van der Waals surface area contributed by atoms with Crippen molar-refractivity contribution in [3.63, 3.8) is 0 Å². The molecule has 3 rings (SSSR count). The smallest absolute Gasteiger partial charge is 0.387 e. The summed E-state index contributed by atoms with van der Waals surface area (Å²) in [4.78, 5) is 17.0. The van der Waals surface area contributed by atoms with Crippen LogP contribution in [0.4, 0.5) is 13.9 Å². The number of anilines is 1. The van der Waals surface area contributed by atoms with Gasteiger partial charge in [0.25, 0.3) is 5.91 Å². The van der Waals surface area contributed by atoms with Crippen molar-refractivity contribution >= 4 is 22.4 Å². The number of thiazole rings is 1. The molecule has 0 aliphatic carbocycles. The van der Waals surface area contributed by atoms with Gasteiger partial charge in [0.15, 0.2) is 16.6 Å². The minimum Gasteiger partial charge on any atom is -0.493 e. The number of benzene rings is 2. The first kappa shape index (κ1) is 19.8. The molecule has 8 heteroatoms. The number of halogens is 2. The summed E-state index contributed by atoms with van der Waals surface area (Å²) in [5.41, 5.74) is 4.27. The molecule has 0 aliphatic rings. The fourth-order valence-corrected chi connectivity index (χ4v) is 3.43. The van der Waals surface area contributed by atoms with Crippen molar-refractivity contribution in [2.24, 2.45) is 0 Å². The predicted molar refractivity (Wildman–Crippen MR) is 105 cm³/mol. The number of methoxy groups -OCH3 is 1. The highest BCUT2D eigenvalue weighted by Crippen LogP contribution is 2.31. The van der Waals surface area contributed by atoms with Gasteiger partial charge in [-0.3, -0.25) is 10.1 Å². The van der Waals surface area contributed by atoms with E-state index < -0.39 is 12.5 Å². The standard InChI is InChI=1S/C20H18F2N2O3S/c1-11-4-6-14(12(2)8-11)15-10-28-20(23-15)24-18(25)13-5-7-16(27-19(21)22)17(9-13)26-3/h4-10,19H,1-3H3,(H,23,24,25). The van der Waals surface area contributed by atoms with Crippen LogP contribution < -0.4 is 14.8 Å². The molecule has 0 radical (unpaired) electrons. The number of rotatable bonds is 6. The topological polar surface area (TPSA) is 60.5 Å². The van der Waals surface area contributed by atoms with E-state index in [1.54, 1.807) is 0 Å². The van der Waals surface area contributed by atoms with Crippen molar-refractivity contribution in [1.82, 2.24) is 4.98 Å². The van der Waals surface area contributed by atoms with Crippen LogP contribution in [-0.4, -0.2) is 24.6 Å². The fourth-order valence-electron chi connectivity index (χ4n) is 2.73. The van der Waals surface area contributed by atoms with Crippen molar-refractivity contribution in [2.45, 2.75) is 20.5 Å². The molecule has 0 saturated carbocycles. The lowest BCUT2D eigenvalue weighted by molar-refractivity contribution is -0.0512. The largest absolute Gasteiger partial charge is 0.493 e. The van der Waals surface area contributed by atoms with Crippen LogP contribution in [0.1, 0.15) is 21.5 Å². The van der Waals surface area contributed by atoms with E-state index in [1.165, 1.54) is 42.2 Å². The van der Waals surface area contributed by atoms with Gasteiger partial charge in [-0.05, 0) is 37.6 Å². The first-order chi connectivity index (χ1) is 13.4. The molecule has 146 valence electrons. The van der Waals surface area contributed by atoms with E-state index in [2.05, 4.69) is 21.1 Å². The lowest BCUT2D eigenvalue weighted by Gasteiger charge is -2.11. The number of carbonyl (C=O) groups is 1. The number of amides is 1. The molecule has 28 heavy (non-hydrogen) atoms. The number of alkyl halides is 2. The summed E-state index contributed by atoms with van der Waals surface area (Å²) in [5, 5.41) is 5.02. The van der Waals surface area contributed by atoms with Gasteiger partial charge in [0.05, 0.1) is 12.8 Å². The number of aryl methyl sites for hydroxylation is 2. The number of carbonyl (C=O) groups excluding carboxylic acids is 1. The minimum absolute atomic E-state index is 0.0445. The summed E-state index contributed by atoms with van der Waals surface area (Å²) in [6.45, 7) is 1.05. The van der Waals surface area contributed by atoms with Gasteiger partial charge in [0.1, 0.15) is 0 Å². The molecule has 0 fully saturated rings. The first-order valence-electron chi connectivity index (χ1n) is 8.34. The van der Waals surface area contributed by atoms with E-state index in [4.69, 9.17) is 4.74 Å². The van der Waals surface area contributed by atoms with E-state index in [9.17, 15) is 13.6 Å². The molecule has 1 heterocycles. The van der Waals surface area contributed by atoms with Crippen LogP contribution in [0, 0.1) is 13.8 Å². The van der Waals surface area contributed by atoms with Crippen LogP contribution in [0.2, 0.25) is 0 Å². The normalized spacial score (nSPS) is 10.8. The van der Waals surface area contributed by atoms with Gasteiger partial charge < -0.3 is 9.47 Å². The Morgan fingerprint density at radius 1 is 1.14 bits per heavy atom. The molecule has 5 nitrogen and oxygen atoms in total. The van der Waals surface area contributed by atoms with Crippen molar-refractivity contribution in [1.29, 1.82) is 0 Å². The second kappa shape index (κ2) is 8.35. The van der Waals surface area contributed by atoms with E-state index in [0.29, 0.717) is 5.13 Å². The zero-order chi connectivity index (χ0) is 20.3. The second-order valence-electron chi connectivity index (χ2n) is 6.05. The second-order valence-corrected chi connectivity index (χ2v) is 6.91. The number of nitrogens with zero attached hydrogens (tertiary/aromatic N) is 1. The number of nitrogens with one attached hydrogen (secondary N) is 1. The van der Waals surface area contributed by atoms with Gasteiger partial charge in [-0.2, -0.15) is 8.78 Å². The Kier molecular flexibility index (Phi) is 5.89. The van der Waals surface area contributed by atoms with Gasteiger partial charge in [-0.15, -0.1) is 11.3 Å². The quantitative estimate of drug-likeness (QED) is 0.607. The van der Waals surface area contributed by atoms with Crippen LogP contribution in [0.5, 0.6) is 11.5 Å². The minimum atomic E-state index is -2.98. The highest BCUT2D eigenvalue weighted by Gasteiger charge is 2.16. The molecule has 0 spiro atoms. The van der Waals surface area contributed by atoms with Crippen LogP contribution in [0.3, 0.4) is 0 Å². The predicted octanol–water partition coefficient (Wildman–Crippen LogP) is 5.29. The maximum absolute atomic E-state index is 12.5. The fraction of sp³-hybridized carbons (Fsp3) is 0.200. The summed E-state index contributed by atoms with van der Waals surface area (Å²) >= 11 is 1.30. The Morgan fingerprint density at radius 3 is 2.61 bits per heavy atom. The number of hydrogen-bond acceptors (Lipinski definition) is 5.